The van der Waals surface area contributed by atoms with E-state index in [1.54, 1.807) is 0 Å². The number of carbonyl (C=O) groups excluding carboxylic acids is 1. The summed E-state index contributed by atoms with van der Waals surface area (Å²) in [5.74, 6) is 0. The first kappa shape index (κ1) is 14.4. The molecule has 0 bridgehead atoms. The van der Waals surface area contributed by atoms with E-state index in [1.165, 1.54) is 22.4 Å². The lowest BCUT2D eigenvalue weighted by Gasteiger charge is -2.30. The third-order valence-electron chi connectivity index (χ3n) is 4.49. The van der Waals surface area contributed by atoms with Crippen LogP contribution in [-0.4, -0.2) is 21.6 Å². The van der Waals surface area contributed by atoms with Crippen molar-refractivity contribution in [2.45, 2.75) is 72.1 Å². The average Bonchev–Trinajstić information content (AvgIpc) is 2.75. The summed E-state index contributed by atoms with van der Waals surface area (Å²) in [5.41, 5.74) is 5.66. The highest BCUT2D eigenvalue weighted by Gasteiger charge is 2.40. The predicted octanol–water partition coefficient (Wildman–Crippen LogP) is 3.83. The van der Waals surface area contributed by atoms with Gasteiger partial charge in [0.05, 0.1) is 12.6 Å². The first-order valence-electron chi connectivity index (χ1n) is 7.76. The molecule has 0 N–H and O–H groups in total. The molecule has 1 aromatic heterocycles. The number of aromatic nitrogens is 1. The van der Waals surface area contributed by atoms with Gasteiger partial charge in [-0.25, -0.2) is 4.79 Å². The third-order valence-corrected chi connectivity index (χ3v) is 4.49. The first-order valence-corrected chi connectivity index (χ1v) is 7.76. The standard InChI is InChI=1S/C17H24N2O2/c1-10-11(2)18-13-7-6-8-14-15(13)12(10)9-19(14)16(20)21-17(3,4)5/h14H,6-9H2,1-5H3/t14-/m1/s1. The summed E-state index contributed by atoms with van der Waals surface area (Å²) < 4.78 is 5.59. The number of carbonyl (C=O) groups is 1. The maximum atomic E-state index is 12.5. The fraction of sp³-hybridized carbons (Fsp3) is 0.647. The van der Waals surface area contributed by atoms with Gasteiger partial charge in [-0.1, -0.05) is 0 Å². The van der Waals surface area contributed by atoms with Gasteiger partial charge in [-0.3, -0.25) is 9.88 Å². The Kier molecular flexibility index (Phi) is 3.23. The van der Waals surface area contributed by atoms with Crippen LogP contribution in [0.1, 0.15) is 67.7 Å². The average molecular weight is 288 g/mol. The molecule has 0 fully saturated rings. The highest BCUT2D eigenvalue weighted by atomic mass is 16.6. The largest absolute Gasteiger partial charge is 0.444 e. The first-order chi connectivity index (χ1) is 9.78. The number of rotatable bonds is 0. The number of nitrogens with zero attached hydrogens (tertiary/aromatic N) is 2. The summed E-state index contributed by atoms with van der Waals surface area (Å²) in [7, 11) is 0. The van der Waals surface area contributed by atoms with E-state index in [4.69, 9.17) is 9.72 Å². The molecule has 21 heavy (non-hydrogen) atoms. The van der Waals surface area contributed by atoms with E-state index in [-0.39, 0.29) is 12.1 Å². The number of hydrogen-bond donors (Lipinski definition) is 0. The number of aryl methyl sites for hydroxylation is 2. The molecule has 1 aromatic rings. The minimum atomic E-state index is -0.452. The van der Waals surface area contributed by atoms with E-state index in [1.807, 2.05) is 25.7 Å². The zero-order valence-electron chi connectivity index (χ0n) is 13.6. The minimum Gasteiger partial charge on any atom is -0.444 e. The van der Waals surface area contributed by atoms with Crippen molar-refractivity contribution in [3.63, 3.8) is 0 Å². The second-order valence-electron chi connectivity index (χ2n) is 7.18. The highest BCUT2D eigenvalue weighted by molar-refractivity contribution is 5.71. The van der Waals surface area contributed by atoms with E-state index in [9.17, 15) is 4.79 Å². The molecule has 4 nitrogen and oxygen atoms in total. The molecular weight excluding hydrogens is 264 g/mol. The summed E-state index contributed by atoms with van der Waals surface area (Å²) in [5, 5.41) is 0. The molecule has 1 amide bonds. The lowest BCUT2D eigenvalue weighted by molar-refractivity contribution is 0.0158. The Morgan fingerprint density at radius 3 is 2.71 bits per heavy atom. The Bertz CT molecular complexity index is 602. The number of hydrogen-bond acceptors (Lipinski definition) is 3. The van der Waals surface area contributed by atoms with Crippen LogP contribution in [0.25, 0.3) is 0 Å². The van der Waals surface area contributed by atoms with E-state index in [2.05, 4.69) is 13.8 Å². The maximum absolute atomic E-state index is 12.5. The van der Waals surface area contributed by atoms with Gasteiger partial charge in [-0.2, -0.15) is 0 Å². The second-order valence-corrected chi connectivity index (χ2v) is 7.18. The molecule has 4 heteroatoms. The van der Waals surface area contributed by atoms with Crippen molar-refractivity contribution in [2.75, 3.05) is 0 Å². The van der Waals surface area contributed by atoms with Crippen LogP contribution in [0.4, 0.5) is 4.79 Å². The van der Waals surface area contributed by atoms with Gasteiger partial charge in [-0.15, -0.1) is 0 Å². The quantitative estimate of drug-likeness (QED) is 0.728. The molecule has 0 spiro atoms. The SMILES string of the molecule is Cc1nc2c3c(c1C)CN(C(=O)OC(C)(C)C)[C@@H]3CCC2. The Balaban J connectivity index is 1.98. The van der Waals surface area contributed by atoms with Crippen molar-refractivity contribution in [2.24, 2.45) is 0 Å². The lowest BCUT2D eigenvalue weighted by atomic mass is 9.88. The van der Waals surface area contributed by atoms with Gasteiger partial charge >= 0.3 is 6.09 Å². The Morgan fingerprint density at radius 2 is 2.05 bits per heavy atom. The fourth-order valence-electron chi connectivity index (χ4n) is 3.44. The molecule has 0 saturated carbocycles. The van der Waals surface area contributed by atoms with Crippen LogP contribution in [0.5, 0.6) is 0 Å². The molecule has 0 saturated heterocycles. The second kappa shape index (κ2) is 4.72. The van der Waals surface area contributed by atoms with Gasteiger partial charge in [0.15, 0.2) is 0 Å². The number of ether oxygens (including phenoxy) is 1. The molecule has 1 atom stereocenters. The van der Waals surface area contributed by atoms with E-state index in [0.29, 0.717) is 6.54 Å². The summed E-state index contributed by atoms with van der Waals surface area (Å²) in [6.45, 7) is 10.6. The van der Waals surface area contributed by atoms with E-state index >= 15 is 0 Å². The van der Waals surface area contributed by atoms with E-state index < -0.39 is 5.60 Å². The molecule has 0 aromatic carbocycles. The molecule has 114 valence electrons. The van der Waals surface area contributed by atoms with Gasteiger partial charge in [0, 0.05) is 17.0 Å². The van der Waals surface area contributed by atoms with Crippen LogP contribution in [0.15, 0.2) is 0 Å². The van der Waals surface area contributed by atoms with Crippen molar-refractivity contribution < 1.29 is 9.53 Å². The van der Waals surface area contributed by atoms with Crippen molar-refractivity contribution in [3.05, 3.63) is 28.1 Å². The Labute approximate surface area is 126 Å². The van der Waals surface area contributed by atoms with Gasteiger partial charge in [-0.05, 0) is 65.0 Å². The van der Waals surface area contributed by atoms with Gasteiger partial charge in [0.1, 0.15) is 5.60 Å². The molecule has 2 aliphatic rings. The van der Waals surface area contributed by atoms with Crippen molar-refractivity contribution in [3.8, 4) is 0 Å². The van der Waals surface area contributed by atoms with Crippen LogP contribution in [0.2, 0.25) is 0 Å². The van der Waals surface area contributed by atoms with Crippen LogP contribution in [0, 0.1) is 13.8 Å². The molecule has 0 radical (unpaired) electrons. The molecule has 1 aliphatic carbocycles. The minimum absolute atomic E-state index is 0.158. The van der Waals surface area contributed by atoms with Crippen molar-refractivity contribution in [1.82, 2.24) is 9.88 Å². The molecule has 2 heterocycles. The lowest BCUT2D eigenvalue weighted by Crippen LogP contribution is -2.36. The molecule has 1 aliphatic heterocycles. The van der Waals surface area contributed by atoms with Crippen molar-refractivity contribution in [1.29, 1.82) is 0 Å². The van der Waals surface area contributed by atoms with Crippen LogP contribution >= 0.6 is 0 Å². The zero-order chi connectivity index (χ0) is 15.4. The Morgan fingerprint density at radius 1 is 1.33 bits per heavy atom. The zero-order valence-corrected chi connectivity index (χ0v) is 13.6. The van der Waals surface area contributed by atoms with E-state index in [0.717, 1.165) is 25.0 Å². The van der Waals surface area contributed by atoms with Gasteiger partial charge in [0.25, 0.3) is 0 Å². The molecule has 0 unspecified atom stereocenters. The smallest absolute Gasteiger partial charge is 0.411 e. The monoisotopic (exact) mass is 288 g/mol. The summed E-state index contributed by atoms with van der Waals surface area (Å²) >= 11 is 0. The van der Waals surface area contributed by atoms with Crippen LogP contribution in [0.3, 0.4) is 0 Å². The Hall–Kier alpha value is -1.58. The van der Waals surface area contributed by atoms with Crippen molar-refractivity contribution >= 4 is 6.09 Å². The summed E-state index contributed by atoms with van der Waals surface area (Å²) in [6, 6.07) is 0.158. The summed E-state index contributed by atoms with van der Waals surface area (Å²) in [6.07, 6.45) is 2.94. The fourth-order valence-corrected chi connectivity index (χ4v) is 3.44. The number of pyridine rings is 1. The highest BCUT2D eigenvalue weighted by Crippen LogP contribution is 2.44. The third kappa shape index (κ3) is 2.41. The molecule has 3 rings (SSSR count). The summed E-state index contributed by atoms with van der Waals surface area (Å²) in [4.78, 5) is 19.2. The predicted molar refractivity (Wildman–Crippen MR) is 81.2 cm³/mol. The van der Waals surface area contributed by atoms with Crippen LogP contribution in [-0.2, 0) is 17.7 Å². The maximum Gasteiger partial charge on any atom is 0.411 e. The topological polar surface area (TPSA) is 42.4 Å². The normalized spacial score (nSPS) is 20.4. The van der Waals surface area contributed by atoms with Gasteiger partial charge < -0.3 is 4.74 Å². The van der Waals surface area contributed by atoms with Gasteiger partial charge in [0.2, 0.25) is 0 Å². The number of amides is 1. The molecular formula is C17H24N2O2. The van der Waals surface area contributed by atoms with Crippen LogP contribution < -0.4 is 0 Å².